The van der Waals surface area contributed by atoms with Gasteiger partial charge in [-0.15, -0.1) is 0 Å². The molecule has 8 nitrogen and oxygen atoms in total. The van der Waals surface area contributed by atoms with E-state index in [-0.39, 0.29) is 30.3 Å². The van der Waals surface area contributed by atoms with Crippen molar-refractivity contribution >= 4 is 29.1 Å². The summed E-state index contributed by atoms with van der Waals surface area (Å²) in [5.41, 5.74) is 2.12. The number of fused-ring (bicyclic) bond motifs is 3. The average molecular weight is 456 g/mol. The Morgan fingerprint density at radius 3 is 2.45 bits per heavy atom. The van der Waals surface area contributed by atoms with E-state index in [2.05, 4.69) is 15.1 Å². The zero-order chi connectivity index (χ0) is 23.4. The van der Waals surface area contributed by atoms with Crippen LogP contribution in [0.5, 0.6) is 0 Å². The molecule has 0 bridgehead atoms. The zero-order valence-electron chi connectivity index (χ0n) is 20.0. The van der Waals surface area contributed by atoms with E-state index in [0.717, 1.165) is 51.1 Å². The fourth-order valence-electron chi connectivity index (χ4n) is 5.22. The lowest BCUT2D eigenvalue weighted by Crippen LogP contribution is -2.57. The van der Waals surface area contributed by atoms with Crippen molar-refractivity contribution in [1.82, 2.24) is 15.1 Å². The van der Waals surface area contributed by atoms with Crippen LogP contribution in [0.4, 0.5) is 11.4 Å². The van der Waals surface area contributed by atoms with Crippen LogP contribution in [-0.2, 0) is 9.59 Å². The van der Waals surface area contributed by atoms with Crippen LogP contribution in [0.1, 0.15) is 55.3 Å². The molecule has 0 spiro atoms. The monoisotopic (exact) mass is 455 g/mol. The number of nitrogens with one attached hydrogen (secondary N) is 1. The molecule has 33 heavy (non-hydrogen) atoms. The van der Waals surface area contributed by atoms with E-state index in [1.807, 2.05) is 12.1 Å². The largest absolute Gasteiger partial charge is 0.358 e. The Hall–Kier alpha value is -2.61. The molecule has 1 unspecified atom stereocenters. The highest BCUT2D eigenvalue weighted by Gasteiger charge is 2.40. The minimum atomic E-state index is -0.230. The molecule has 2 fully saturated rings. The Morgan fingerprint density at radius 2 is 1.73 bits per heavy atom. The van der Waals surface area contributed by atoms with E-state index in [9.17, 15) is 14.4 Å². The van der Waals surface area contributed by atoms with Gasteiger partial charge in [0, 0.05) is 39.3 Å². The predicted molar refractivity (Wildman–Crippen MR) is 130 cm³/mol. The van der Waals surface area contributed by atoms with Gasteiger partial charge < -0.3 is 20.0 Å². The summed E-state index contributed by atoms with van der Waals surface area (Å²) in [7, 11) is 3.42. The van der Waals surface area contributed by atoms with Crippen molar-refractivity contribution in [1.29, 1.82) is 0 Å². The predicted octanol–water partition coefficient (Wildman–Crippen LogP) is 2.09. The quantitative estimate of drug-likeness (QED) is 0.711. The molecule has 3 amide bonds. The molecule has 1 aromatic carbocycles. The van der Waals surface area contributed by atoms with Gasteiger partial charge in [0.2, 0.25) is 11.8 Å². The second-order valence-electron chi connectivity index (χ2n) is 9.64. The second kappa shape index (κ2) is 10.5. The first kappa shape index (κ1) is 23.5. The highest BCUT2D eigenvalue weighted by molar-refractivity contribution is 6.09. The van der Waals surface area contributed by atoms with Gasteiger partial charge in [0.05, 0.1) is 11.4 Å². The molecule has 0 radical (unpaired) electrons. The van der Waals surface area contributed by atoms with Gasteiger partial charge in [-0.3, -0.25) is 19.3 Å². The Balaban J connectivity index is 1.48. The van der Waals surface area contributed by atoms with Crippen molar-refractivity contribution in [3.05, 3.63) is 23.8 Å². The van der Waals surface area contributed by atoms with Crippen molar-refractivity contribution in [2.75, 3.05) is 63.2 Å². The van der Waals surface area contributed by atoms with Crippen LogP contribution in [0.25, 0.3) is 0 Å². The van der Waals surface area contributed by atoms with Crippen LogP contribution in [0.15, 0.2) is 18.2 Å². The Bertz CT molecular complexity index is 879. The van der Waals surface area contributed by atoms with E-state index in [0.29, 0.717) is 17.8 Å². The highest BCUT2D eigenvalue weighted by Crippen LogP contribution is 2.40. The fourth-order valence-corrected chi connectivity index (χ4v) is 5.22. The van der Waals surface area contributed by atoms with Crippen molar-refractivity contribution in [2.24, 2.45) is 0 Å². The summed E-state index contributed by atoms with van der Waals surface area (Å²) in [6.07, 6.45) is 7.86. The molecule has 3 heterocycles. The third kappa shape index (κ3) is 5.32. The summed E-state index contributed by atoms with van der Waals surface area (Å²) in [4.78, 5) is 46.5. The summed E-state index contributed by atoms with van der Waals surface area (Å²) >= 11 is 0. The fraction of sp³-hybridized carbons (Fsp3) is 0.640. The molecular weight excluding hydrogens is 418 g/mol. The van der Waals surface area contributed by atoms with Gasteiger partial charge in [-0.25, -0.2) is 0 Å². The lowest BCUT2D eigenvalue weighted by atomic mass is 9.95. The molecule has 0 aromatic heterocycles. The number of rotatable bonds is 6. The Morgan fingerprint density at radius 1 is 1.00 bits per heavy atom. The second-order valence-corrected chi connectivity index (χ2v) is 9.64. The van der Waals surface area contributed by atoms with Gasteiger partial charge in [-0.1, -0.05) is 12.8 Å². The third-order valence-electron chi connectivity index (χ3n) is 7.03. The third-order valence-corrected chi connectivity index (χ3v) is 7.03. The van der Waals surface area contributed by atoms with Gasteiger partial charge in [0.1, 0.15) is 12.6 Å². The number of carbonyl (C=O) groups excluding carboxylic acids is 3. The van der Waals surface area contributed by atoms with Crippen LogP contribution in [0, 0.1) is 0 Å². The first-order valence-corrected chi connectivity index (χ1v) is 12.4. The Labute approximate surface area is 196 Å². The zero-order valence-corrected chi connectivity index (χ0v) is 20.0. The molecule has 0 aliphatic carbocycles. The number of likely N-dealkylation sites (tertiary alicyclic amines) is 1. The van der Waals surface area contributed by atoms with Gasteiger partial charge >= 0.3 is 0 Å². The van der Waals surface area contributed by atoms with Gasteiger partial charge in [-0.2, -0.15) is 0 Å². The van der Waals surface area contributed by atoms with E-state index in [1.54, 1.807) is 25.1 Å². The molecule has 4 rings (SSSR count). The standard InChI is InChI=1S/C25H37N5O3/c1-27(2)24(32)19-10-11-20-22(17-19)30(25(33)21-9-5-8-15-29(20)21)18-23(31)26-12-16-28-13-6-3-4-7-14-28/h10-11,17,21H,3-9,12-16,18H2,1-2H3,(H,26,31). The van der Waals surface area contributed by atoms with Crippen LogP contribution < -0.4 is 15.1 Å². The maximum absolute atomic E-state index is 13.4. The lowest BCUT2D eigenvalue weighted by molar-refractivity contribution is -0.125. The molecule has 0 saturated carbocycles. The summed E-state index contributed by atoms with van der Waals surface area (Å²) in [5.74, 6) is -0.315. The normalized spacial score (nSPS) is 21.2. The van der Waals surface area contributed by atoms with E-state index >= 15 is 0 Å². The van der Waals surface area contributed by atoms with Crippen molar-refractivity contribution in [3.63, 3.8) is 0 Å². The summed E-state index contributed by atoms with van der Waals surface area (Å²) in [6, 6.07) is 5.29. The van der Waals surface area contributed by atoms with E-state index in [4.69, 9.17) is 0 Å². The molecule has 1 N–H and O–H groups in total. The molecule has 1 atom stereocenters. The van der Waals surface area contributed by atoms with E-state index < -0.39 is 0 Å². The number of hydrogen-bond acceptors (Lipinski definition) is 5. The maximum Gasteiger partial charge on any atom is 0.253 e. The number of piperidine rings is 1. The van der Waals surface area contributed by atoms with Crippen LogP contribution in [0.3, 0.4) is 0 Å². The highest BCUT2D eigenvalue weighted by atomic mass is 16.2. The molecule has 3 aliphatic rings. The summed E-state index contributed by atoms with van der Waals surface area (Å²) in [6.45, 7) is 4.41. The first-order chi connectivity index (χ1) is 16.0. The van der Waals surface area contributed by atoms with Crippen molar-refractivity contribution < 1.29 is 14.4 Å². The van der Waals surface area contributed by atoms with Crippen molar-refractivity contribution in [3.8, 4) is 0 Å². The van der Waals surface area contributed by atoms with Gasteiger partial charge in [0.25, 0.3) is 5.91 Å². The molecule has 1 aromatic rings. The van der Waals surface area contributed by atoms with Crippen LogP contribution in [-0.4, -0.2) is 86.9 Å². The number of benzene rings is 1. The van der Waals surface area contributed by atoms with Crippen LogP contribution in [0.2, 0.25) is 0 Å². The first-order valence-electron chi connectivity index (χ1n) is 12.4. The van der Waals surface area contributed by atoms with E-state index in [1.165, 1.54) is 30.6 Å². The molecule has 8 heteroatoms. The smallest absolute Gasteiger partial charge is 0.253 e. The number of hydrogen-bond donors (Lipinski definition) is 1. The average Bonchev–Trinajstić information content (AvgIpc) is 3.10. The number of nitrogens with zero attached hydrogens (tertiary/aromatic N) is 4. The SMILES string of the molecule is CN(C)C(=O)c1ccc2c(c1)N(CC(=O)NCCN1CCCCCC1)C(=O)C1CCCCN21. The van der Waals surface area contributed by atoms with Crippen LogP contribution >= 0.6 is 0 Å². The lowest BCUT2D eigenvalue weighted by Gasteiger charge is -2.45. The minimum Gasteiger partial charge on any atom is -0.358 e. The summed E-state index contributed by atoms with van der Waals surface area (Å²) < 4.78 is 0. The Kier molecular flexibility index (Phi) is 7.53. The summed E-state index contributed by atoms with van der Waals surface area (Å²) in [5, 5.41) is 3.01. The molecule has 180 valence electrons. The molecule has 3 aliphatic heterocycles. The minimum absolute atomic E-state index is 0.0181. The van der Waals surface area contributed by atoms with Gasteiger partial charge in [0.15, 0.2) is 0 Å². The topological polar surface area (TPSA) is 76.2 Å². The number of anilines is 2. The number of amides is 3. The molecular formula is C25H37N5O3. The maximum atomic E-state index is 13.4. The van der Waals surface area contributed by atoms with Gasteiger partial charge in [-0.05, 0) is 63.4 Å². The number of carbonyl (C=O) groups is 3. The molecule has 2 saturated heterocycles. The van der Waals surface area contributed by atoms with Crippen molar-refractivity contribution in [2.45, 2.75) is 51.0 Å².